The summed E-state index contributed by atoms with van der Waals surface area (Å²) in [5.74, 6) is 0.0526. The lowest BCUT2D eigenvalue weighted by molar-refractivity contribution is -0.138. The summed E-state index contributed by atoms with van der Waals surface area (Å²) in [5.41, 5.74) is 0. The van der Waals surface area contributed by atoms with Gasteiger partial charge >= 0.3 is 0 Å². The van der Waals surface area contributed by atoms with Crippen LogP contribution in [0.25, 0.3) is 0 Å². The van der Waals surface area contributed by atoms with Crippen LogP contribution in [0.2, 0.25) is 0 Å². The van der Waals surface area contributed by atoms with E-state index >= 15 is 0 Å². The molecule has 0 bridgehead atoms. The van der Waals surface area contributed by atoms with Gasteiger partial charge in [-0.3, -0.25) is 4.79 Å². The number of amides is 1. The van der Waals surface area contributed by atoms with E-state index in [1.807, 2.05) is 18.7 Å². The summed E-state index contributed by atoms with van der Waals surface area (Å²) in [6, 6.07) is 0.197. The lowest BCUT2D eigenvalue weighted by atomic mass is 10.1. The van der Waals surface area contributed by atoms with E-state index in [0.29, 0.717) is 6.42 Å². The molecule has 1 fully saturated rings. The van der Waals surface area contributed by atoms with Crippen molar-refractivity contribution in [1.29, 1.82) is 0 Å². The van der Waals surface area contributed by atoms with Crippen LogP contribution < -0.4 is 0 Å². The van der Waals surface area contributed by atoms with Crippen molar-refractivity contribution < 1.29 is 14.6 Å². The third-order valence-corrected chi connectivity index (χ3v) is 2.85. The molecule has 1 saturated heterocycles. The number of carbonyl (C=O) groups is 1. The van der Waals surface area contributed by atoms with E-state index in [4.69, 9.17) is 4.74 Å². The minimum absolute atomic E-state index is 0.0526. The fraction of sp³-hybridized carbons (Fsp3) is 0.917. The van der Waals surface area contributed by atoms with E-state index in [-0.39, 0.29) is 30.8 Å². The number of hydrogen-bond donors (Lipinski definition) is 1. The van der Waals surface area contributed by atoms with Gasteiger partial charge in [-0.15, -0.1) is 0 Å². The zero-order valence-corrected chi connectivity index (χ0v) is 10.5. The second-order valence-corrected chi connectivity index (χ2v) is 4.83. The number of likely N-dealkylation sites (tertiary alicyclic amines) is 1. The Bertz CT molecular complexity index is 228. The Kier molecular flexibility index (Phi) is 5.22. The number of rotatable bonds is 5. The lowest BCUT2D eigenvalue weighted by Crippen LogP contribution is -2.39. The van der Waals surface area contributed by atoms with E-state index in [2.05, 4.69) is 0 Å². The summed E-state index contributed by atoms with van der Waals surface area (Å²) in [4.78, 5) is 13.7. The lowest BCUT2D eigenvalue weighted by Gasteiger charge is -2.26. The second-order valence-electron chi connectivity index (χ2n) is 4.83. The fourth-order valence-corrected chi connectivity index (χ4v) is 2.12. The molecule has 1 rings (SSSR count). The number of nitrogens with zero attached hydrogens (tertiary/aromatic N) is 1. The van der Waals surface area contributed by atoms with E-state index in [1.165, 1.54) is 0 Å². The van der Waals surface area contributed by atoms with Crippen LogP contribution in [0.3, 0.4) is 0 Å². The summed E-state index contributed by atoms with van der Waals surface area (Å²) in [6.45, 7) is 6.58. The largest absolute Gasteiger partial charge is 0.393 e. The van der Waals surface area contributed by atoms with Crippen molar-refractivity contribution >= 4 is 5.91 Å². The summed E-state index contributed by atoms with van der Waals surface area (Å²) >= 11 is 0. The van der Waals surface area contributed by atoms with Gasteiger partial charge in [0.2, 0.25) is 5.91 Å². The first-order valence-corrected chi connectivity index (χ1v) is 6.10. The molecule has 0 radical (unpaired) electrons. The van der Waals surface area contributed by atoms with Crippen LogP contribution in [0, 0.1) is 0 Å². The van der Waals surface area contributed by atoms with Gasteiger partial charge in [0, 0.05) is 12.6 Å². The maximum atomic E-state index is 11.9. The zero-order chi connectivity index (χ0) is 12.1. The molecular formula is C12H23NO3. The number of aliphatic hydroxyl groups excluding tert-OH is 1. The van der Waals surface area contributed by atoms with Gasteiger partial charge in [0.15, 0.2) is 0 Å². The predicted octanol–water partition coefficient (Wildman–Crippen LogP) is 1.17. The Morgan fingerprint density at radius 2 is 2.19 bits per heavy atom. The molecular weight excluding hydrogens is 206 g/mol. The summed E-state index contributed by atoms with van der Waals surface area (Å²) in [7, 11) is 0. The fourth-order valence-electron chi connectivity index (χ4n) is 2.12. The Hall–Kier alpha value is -0.610. The van der Waals surface area contributed by atoms with E-state index < -0.39 is 0 Å². The van der Waals surface area contributed by atoms with Crippen molar-refractivity contribution in [2.75, 3.05) is 13.2 Å². The topological polar surface area (TPSA) is 49.8 Å². The first-order chi connectivity index (χ1) is 7.50. The highest BCUT2D eigenvalue weighted by Crippen LogP contribution is 2.21. The predicted molar refractivity (Wildman–Crippen MR) is 62.1 cm³/mol. The monoisotopic (exact) mass is 229 g/mol. The Morgan fingerprint density at radius 1 is 1.50 bits per heavy atom. The highest BCUT2D eigenvalue weighted by molar-refractivity contribution is 5.78. The molecule has 94 valence electrons. The Balaban J connectivity index is 2.41. The van der Waals surface area contributed by atoms with E-state index in [1.54, 1.807) is 6.92 Å². The molecule has 2 atom stereocenters. The molecule has 0 aromatic carbocycles. The number of carbonyl (C=O) groups excluding carboxylic acids is 1. The number of aliphatic hydroxyl groups is 1. The molecule has 1 N–H and O–H groups in total. The van der Waals surface area contributed by atoms with Crippen molar-refractivity contribution in [2.24, 2.45) is 0 Å². The molecule has 1 aliphatic rings. The van der Waals surface area contributed by atoms with Gasteiger partial charge in [-0.1, -0.05) is 0 Å². The molecule has 4 heteroatoms. The van der Waals surface area contributed by atoms with Crippen LogP contribution in [-0.2, 0) is 9.53 Å². The van der Waals surface area contributed by atoms with Crippen molar-refractivity contribution in [1.82, 2.24) is 4.90 Å². The van der Waals surface area contributed by atoms with Gasteiger partial charge in [0.25, 0.3) is 0 Å². The quantitative estimate of drug-likeness (QED) is 0.770. The molecule has 1 aliphatic heterocycles. The number of ether oxygens (including phenoxy) is 1. The van der Waals surface area contributed by atoms with Crippen LogP contribution in [-0.4, -0.2) is 47.3 Å². The molecule has 1 amide bonds. The van der Waals surface area contributed by atoms with Crippen molar-refractivity contribution in [3.63, 3.8) is 0 Å². The highest BCUT2D eigenvalue weighted by atomic mass is 16.5. The van der Waals surface area contributed by atoms with Crippen LogP contribution in [0.15, 0.2) is 0 Å². The number of hydrogen-bond acceptors (Lipinski definition) is 3. The molecule has 0 spiro atoms. The Labute approximate surface area is 97.6 Å². The average Bonchev–Trinajstić information content (AvgIpc) is 2.61. The van der Waals surface area contributed by atoms with Gasteiger partial charge in [0.1, 0.15) is 6.61 Å². The molecule has 0 aromatic heterocycles. The third-order valence-electron chi connectivity index (χ3n) is 2.85. The maximum Gasteiger partial charge on any atom is 0.248 e. The van der Waals surface area contributed by atoms with Crippen molar-refractivity contribution in [2.45, 2.75) is 58.3 Å². The minimum atomic E-state index is -0.343. The van der Waals surface area contributed by atoms with Crippen LogP contribution in [0.4, 0.5) is 0 Å². The third kappa shape index (κ3) is 4.10. The molecule has 2 unspecified atom stereocenters. The molecule has 0 saturated carbocycles. The van der Waals surface area contributed by atoms with E-state index in [0.717, 1.165) is 19.4 Å². The first kappa shape index (κ1) is 13.5. The zero-order valence-electron chi connectivity index (χ0n) is 10.5. The van der Waals surface area contributed by atoms with Gasteiger partial charge in [-0.25, -0.2) is 0 Å². The van der Waals surface area contributed by atoms with Crippen molar-refractivity contribution in [3.8, 4) is 0 Å². The van der Waals surface area contributed by atoms with Gasteiger partial charge in [0.05, 0.1) is 12.2 Å². The normalized spacial score (nSPS) is 22.8. The van der Waals surface area contributed by atoms with Crippen LogP contribution in [0.1, 0.15) is 40.0 Å². The summed E-state index contributed by atoms with van der Waals surface area (Å²) in [5, 5.41) is 9.36. The molecule has 16 heavy (non-hydrogen) atoms. The van der Waals surface area contributed by atoms with E-state index in [9.17, 15) is 9.90 Å². The average molecular weight is 229 g/mol. The first-order valence-electron chi connectivity index (χ1n) is 6.10. The molecule has 0 aliphatic carbocycles. The Morgan fingerprint density at radius 3 is 2.75 bits per heavy atom. The minimum Gasteiger partial charge on any atom is -0.393 e. The van der Waals surface area contributed by atoms with Crippen LogP contribution in [0.5, 0.6) is 0 Å². The molecule has 1 heterocycles. The molecule has 4 nitrogen and oxygen atoms in total. The van der Waals surface area contributed by atoms with Gasteiger partial charge in [-0.2, -0.15) is 0 Å². The molecule has 0 aromatic rings. The highest BCUT2D eigenvalue weighted by Gasteiger charge is 2.29. The maximum absolute atomic E-state index is 11.9. The standard InChI is InChI=1S/C12H23NO3/c1-9(2)16-8-12(15)13-6-4-5-11(13)7-10(3)14/h9-11,14H,4-8H2,1-3H3. The summed E-state index contributed by atoms with van der Waals surface area (Å²) < 4.78 is 5.32. The van der Waals surface area contributed by atoms with Crippen LogP contribution >= 0.6 is 0 Å². The summed E-state index contributed by atoms with van der Waals surface area (Å²) in [6.07, 6.45) is 2.45. The van der Waals surface area contributed by atoms with Crippen molar-refractivity contribution in [3.05, 3.63) is 0 Å². The smallest absolute Gasteiger partial charge is 0.248 e. The van der Waals surface area contributed by atoms with Gasteiger partial charge < -0.3 is 14.7 Å². The second kappa shape index (κ2) is 6.21. The SMILES string of the molecule is CC(O)CC1CCCN1C(=O)COC(C)C. The van der Waals surface area contributed by atoms with Gasteiger partial charge in [-0.05, 0) is 40.0 Å².